The summed E-state index contributed by atoms with van der Waals surface area (Å²) in [7, 11) is 0. The minimum atomic E-state index is 0.772. The fourth-order valence-corrected chi connectivity index (χ4v) is 2.51. The summed E-state index contributed by atoms with van der Waals surface area (Å²) in [5, 5.41) is 0. The monoisotopic (exact) mass is 259 g/mol. The Hall–Kier alpha value is -1.35. The number of nitrogens with two attached hydrogens (primary N) is 1. The van der Waals surface area contributed by atoms with Crippen molar-refractivity contribution in [2.24, 2.45) is 5.73 Å². The molecule has 1 aromatic heterocycles. The molecule has 2 N–H and O–H groups in total. The van der Waals surface area contributed by atoms with Gasteiger partial charge in [0.1, 0.15) is 5.82 Å². The third-order valence-electron chi connectivity index (χ3n) is 3.75. The Morgan fingerprint density at radius 1 is 1.16 bits per heavy atom. The molecule has 2 aromatic rings. The van der Waals surface area contributed by atoms with Crippen molar-refractivity contribution < 1.29 is 0 Å². The first-order chi connectivity index (χ1) is 9.17. The lowest BCUT2D eigenvalue weighted by Crippen LogP contribution is -2.06. The van der Waals surface area contributed by atoms with Crippen LogP contribution in [0.5, 0.6) is 0 Å². The van der Waals surface area contributed by atoms with Crippen molar-refractivity contribution in [3.05, 3.63) is 29.1 Å². The molecular formula is C16H25N3. The fraction of sp³-hybridized carbons (Fsp3) is 0.562. The van der Waals surface area contributed by atoms with E-state index >= 15 is 0 Å². The summed E-state index contributed by atoms with van der Waals surface area (Å²) in [6.45, 7) is 8.34. The third kappa shape index (κ3) is 2.98. The van der Waals surface area contributed by atoms with Crippen LogP contribution in [0.3, 0.4) is 0 Å². The van der Waals surface area contributed by atoms with Crippen LogP contribution in [-0.2, 0) is 13.0 Å². The topological polar surface area (TPSA) is 43.8 Å². The average molecular weight is 259 g/mol. The van der Waals surface area contributed by atoms with E-state index < -0.39 is 0 Å². The molecule has 0 aliphatic rings. The molecule has 0 saturated heterocycles. The third-order valence-corrected chi connectivity index (χ3v) is 3.75. The molecule has 0 bridgehead atoms. The lowest BCUT2D eigenvalue weighted by Gasteiger charge is -2.09. The SMILES string of the molecule is CCCc1nc2cc(C)c(C)cc2n1CCCCN. The highest BCUT2D eigenvalue weighted by molar-refractivity contribution is 5.78. The van der Waals surface area contributed by atoms with Gasteiger partial charge in [-0.25, -0.2) is 4.98 Å². The van der Waals surface area contributed by atoms with Gasteiger partial charge < -0.3 is 10.3 Å². The van der Waals surface area contributed by atoms with Gasteiger partial charge in [-0.3, -0.25) is 0 Å². The number of benzene rings is 1. The molecule has 0 unspecified atom stereocenters. The lowest BCUT2D eigenvalue weighted by atomic mass is 10.1. The first-order valence-corrected chi connectivity index (χ1v) is 7.33. The number of nitrogens with zero attached hydrogens (tertiary/aromatic N) is 2. The van der Waals surface area contributed by atoms with Crippen LogP contribution < -0.4 is 5.73 Å². The number of imidazole rings is 1. The van der Waals surface area contributed by atoms with Gasteiger partial charge in [-0.15, -0.1) is 0 Å². The molecule has 0 aliphatic carbocycles. The van der Waals surface area contributed by atoms with Crippen LogP contribution in [0, 0.1) is 13.8 Å². The smallest absolute Gasteiger partial charge is 0.109 e. The Morgan fingerprint density at radius 2 is 1.89 bits per heavy atom. The van der Waals surface area contributed by atoms with E-state index in [1.807, 2.05) is 0 Å². The maximum absolute atomic E-state index is 5.60. The lowest BCUT2D eigenvalue weighted by molar-refractivity contribution is 0.598. The number of fused-ring (bicyclic) bond motifs is 1. The van der Waals surface area contributed by atoms with Crippen LogP contribution in [0.4, 0.5) is 0 Å². The molecule has 104 valence electrons. The van der Waals surface area contributed by atoms with Gasteiger partial charge in [0.25, 0.3) is 0 Å². The second-order valence-corrected chi connectivity index (χ2v) is 5.35. The number of hydrogen-bond donors (Lipinski definition) is 1. The molecule has 1 heterocycles. The molecule has 0 fully saturated rings. The number of aromatic nitrogens is 2. The van der Waals surface area contributed by atoms with Crippen molar-refractivity contribution >= 4 is 11.0 Å². The summed E-state index contributed by atoms with van der Waals surface area (Å²) in [4.78, 5) is 4.81. The van der Waals surface area contributed by atoms with Gasteiger partial charge in [-0.05, 0) is 62.9 Å². The molecule has 0 atom stereocenters. The molecule has 2 rings (SSSR count). The summed E-state index contributed by atoms with van der Waals surface area (Å²) >= 11 is 0. The molecule has 1 aromatic carbocycles. The minimum absolute atomic E-state index is 0.772. The van der Waals surface area contributed by atoms with Crippen LogP contribution >= 0.6 is 0 Å². The summed E-state index contributed by atoms with van der Waals surface area (Å²) in [5.41, 5.74) is 10.7. The van der Waals surface area contributed by atoms with E-state index in [2.05, 4.69) is 37.5 Å². The van der Waals surface area contributed by atoms with Gasteiger partial charge in [0.2, 0.25) is 0 Å². The molecule has 0 spiro atoms. The van der Waals surface area contributed by atoms with Crippen LogP contribution in [-0.4, -0.2) is 16.1 Å². The highest BCUT2D eigenvalue weighted by Crippen LogP contribution is 2.22. The van der Waals surface area contributed by atoms with E-state index in [9.17, 15) is 0 Å². The van der Waals surface area contributed by atoms with Gasteiger partial charge in [-0.1, -0.05) is 6.92 Å². The largest absolute Gasteiger partial charge is 0.330 e. The molecule has 0 saturated carbocycles. The standard InChI is InChI=1S/C16H25N3/c1-4-7-16-18-14-10-12(2)13(3)11-15(14)19(16)9-6-5-8-17/h10-11H,4-9,17H2,1-3H3. The van der Waals surface area contributed by atoms with E-state index in [1.54, 1.807) is 0 Å². The van der Waals surface area contributed by atoms with E-state index in [0.29, 0.717) is 0 Å². The highest BCUT2D eigenvalue weighted by atomic mass is 15.1. The van der Waals surface area contributed by atoms with Crippen molar-refractivity contribution in [2.45, 2.75) is 53.0 Å². The van der Waals surface area contributed by atoms with Crippen molar-refractivity contribution in [1.29, 1.82) is 0 Å². The Balaban J connectivity index is 2.43. The number of hydrogen-bond acceptors (Lipinski definition) is 2. The van der Waals surface area contributed by atoms with Gasteiger partial charge in [0.15, 0.2) is 0 Å². The summed E-state index contributed by atoms with van der Waals surface area (Å²) in [6, 6.07) is 4.49. The first-order valence-electron chi connectivity index (χ1n) is 7.33. The van der Waals surface area contributed by atoms with Crippen molar-refractivity contribution in [3.8, 4) is 0 Å². The zero-order chi connectivity index (χ0) is 13.8. The van der Waals surface area contributed by atoms with Crippen molar-refractivity contribution in [2.75, 3.05) is 6.54 Å². The number of aryl methyl sites for hydroxylation is 4. The molecule has 3 nitrogen and oxygen atoms in total. The molecule has 0 radical (unpaired) electrons. The average Bonchev–Trinajstić information content (AvgIpc) is 2.69. The summed E-state index contributed by atoms with van der Waals surface area (Å²) < 4.78 is 2.39. The molecule has 0 amide bonds. The second kappa shape index (κ2) is 6.20. The second-order valence-electron chi connectivity index (χ2n) is 5.35. The van der Waals surface area contributed by atoms with E-state index in [-0.39, 0.29) is 0 Å². The Labute approximate surface area is 115 Å². The van der Waals surface area contributed by atoms with Gasteiger partial charge in [-0.2, -0.15) is 0 Å². The molecule has 3 heteroatoms. The minimum Gasteiger partial charge on any atom is -0.330 e. The van der Waals surface area contributed by atoms with E-state index in [0.717, 1.165) is 44.3 Å². The van der Waals surface area contributed by atoms with Crippen molar-refractivity contribution in [3.63, 3.8) is 0 Å². The number of rotatable bonds is 6. The summed E-state index contributed by atoms with van der Waals surface area (Å²) in [6.07, 6.45) is 4.40. The quantitative estimate of drug-likeness (QED) is 0.809. The highest BCUT2D eigenvalue weighted by Gasteiger charge is 2.11. The first kappa shape index (κ1) is 14.1. The Kier molecular flexibility index (Phi) is 4.59. The van der Waals surface area contributed by atoms with Crippen LogP contribution in [0.2, 0.25) is 0 Å². The van der Waals surface area contributed by atoms with Gasteiger partial charge in [0.05, 0.1) is 11.0 Å². The molecular weight excluding hydrogens is 234 g/mol. The van der Waals surface area contributed by atoms with E-state index in [1.165, 1.54) is 22.5 Å². The molecule has 19 heavy (non-hydrogen) atoms. The van der Waals surface area contributed by atoms with Gasteiger partial charge in [0, 0.05) is 13.0 Å². The van der Waals surface area contributed by atoms with Crippen LogP contribution in [0.1, 0.15) is 43.1 Å². The predicted octanol–water partition coefficient (Wildman–Crippen LogP) is 3.34. The number of unbranched alkanes of at least 4 members (excludes halogenated alkanes) is 1. The Morgan fingerprint density at radius 3 is 2.58 bits per heavy atom. The van der Waals surface area contributed by atoms with E-state index in [4.69, 9.17) is 10.7 Å². The van der Waals surface area contributed by atoms with Crippen LogP contribution in [0.25, 0.3) is 11.0 Å². The fourth-order valence-electron chi connectivity index (χ4n) is 2.51. The Bertz CT molecular complexity index is 555. The van der Waals surface area contributed by atoms with Crippen molar-refractivity contribution in [1.82, 2.24) is 9.55 Å². The predicted molar refractivity (Wildman–Crippen MR) is 81.5 cm³/mol. The normalized spacial score (nSPS) is 11.4. The maximum Gasteiger partial charge on any atom is 0.109 e. The van der Waals surface area contributed by atoms with Crippen LogP contribution in [0.15, 0.2) is 12.1 Å². The maximum atomic E-state index is 5.60. The molecule has 0 aliphatic heterocycles. The zero-order valence-electron chi connectivity index (χ0n) is 12.4. The zero-order valence-corrected chi connectivity index (χ0v) is 12.4. The summed E-state index contributed by atoms with van der Waals surface area (Å²) in [5.74, 6) is 1.22. The van der Waals surface area contributed by atoms with Gasteiger partial charge >= 0.3 is 0 Å².